The van der Waals surface area contributed by atoms with Crippen molar-refractivity contribution in [2.24, 2.45) is 0 Å². The summed E-state index contributed by atoms with van der Waals surface area (Å²) in [4.78, 5) is 25.0. The van der Waals surface area contributed by atoms with E-state index in [4.69, 9.17) is 0 Å². The highest BCUT2D eigenvalue weighted by Gasteiger charge is 2.27. The monoisotopic (exact) mass is 382 g/mol. The number of thiophene rings is 1. The van der Waals surface area contributed by atoms with Crippen molar-refractivity contribution in [1.82, 2.24) is 10.6 Å². The average Bonchev–Trinajstić information content (AvgIpc) is 3.12. The fourth-order valence-corrected chi connectivity index (χ4v) is 3.86. The summed E-state index contributed by atoms with van der Waals surface area (Å²) in [5.41, 5.74) is -0.346. The van der Waals surface area contributed by atoms with Crippen LogP contribution in [0, 0.1) is 0 Å². The molecule has 3 aromatic rings. The second-order valence-corrected chi connectivity index (χ2v) is 7.79. The van der Waals surface area contributed by atoms with Gasteiger partial charge in [0.25, 0.3) is 0 Å². The van der Waals surface area contributed by atoms with Gasteiger partial charge in [0.15, 0.2) is 0 Å². The van der Waals surface area contributed by atoms with E-state index < -0.39 is 17.4 Å². The van der Waals surface area contributed by atoms with E-state index in [9.17, 15) is 14.7 Å². The molecule has 0 aliphatic heterocycles. The fraction of sp³-hybridized carbons (Fsp3) is 0.238. The molecule has 1 heterocycles. The van der Waals surface area contributed by atoms with E-state index >= 15 is 0 Å². The van der Waals surface area contributed by atoms with Gasteiger partial charge in [-0.15, -0.1) is 11.3 Å². The molecule has 0 saturated heterocycles. The maximum atomic E-state index is 12.1. The van der Waals surface area contributed by atoms with E-state index in [1.165, 1.54) is 11.3 Å². The molecule has 0 saturated carbocycles. The summed E-state index contributed by atoms with van der Waals surface area (Å²) < 4.78 is 1.06. The van der Waals surface area contributed by atoms with Crippen LogP contribution in [0.2, 0.25) is 0 Å². The zero-order chi connectivity index (χ0) is 19.4. The summed E-state index contributed by atoms with van der Waals surface area (Å²) in [7, 11) is 0. The Hall–Kier alpha value is -2.70. The molecule has 3 N–H and O–H groups in total. The van der Waals surface area contributed by atoms with Gasteiger partial charge < -0.3 is 15.7 Å². The number of benzene rings is 2. The molecule has 0 aliphatic carbocycles. The van der Waals surface area contributed by atoms with Crippen LogP contribution in [0.15, 0.2) is 60.7 Å². The number of hydrogen-bond donors (Lipinski definition) is 3. The lowest BCUT2D eigenvalue weighted by Crippen LogP contribution is -2.45. The van der Waals surface area contributed by atoms with Gasteiger partial charge in [-0.25, -0.2) is 0 Å². The quantitative estimate of drug-likeness (QED) is 0.594. The van der Waals surface area contributed by atoms with Crippen molar-refractivity contribution in [1.29, 1.82) is 0 Å². The molecular formula is C21H22N2O3S. The third-order valence-electron chi connectivity index (χ3n) is 4.40. The summed E-state index contributed by atoms with van der Waals surface area (Å²) in [6, 6.07) is 18.9. The number of carbonyl (C=O) groups is 2. The van der Waals surface area contributed by atoms with Gasteiger partial charge in [0, 0.05) is 9.58 Å². The second-order valence-electron chi connectivity index (χ2n) is 6.71. The number of rotatable bonds is 5. The van der Waals surface area contributed by atoms with Crippen LogP contribution >= 0.6 is 11.3 Å². The lowest BCUT2D eigenvalue weighted by atomic mass is 10.0. The van der Waals surface area contributed by atoms with Crippen molar-refractivity contribution in [2.75, 3.05) is 6.54 Å². The predicted molar refractivity (Wildman–Crippen MR) is 107 cm³/mol. The molecule has 0 radical (unpaired) electrons. The maximum absolute atomic E-state index is 12.1. The molecule has 0 spiro atoms. The van der Waals surface area contributed by atoms with Gasteiger partial charge in [-0.1, -0.05) is 48.5 Å². The van der Waals surface area contributed by atoms with Crippen molar-refractivity contribution < 1.29 is 14.7 Å². The highest BCUT2D eigenvalue weighted by Crippen LogP contribution is 2.32. The van der Waals surface area contributed by atoms with Gasteiger partial charge in [-0.2, -0.15) is 0 Å². The third-order valence-corrected chi connectivity index (χ3v) is 5.77. The van der Waals surface area contributed by atoms with Crippen LogP contribution in [0.5, 0.6) is 0 Å². The highest BCUT2D eigenvalue weighted by atomic mass is 32.1. The minimum Gasteiger partial charge on any atom is -0.383 e. The van der Waals surface area contributed by atoms with E-state index in [0.717, 1.165) is 20.5 Å². The number of carbonyl (C=O) groups excluding carboxylic acids is 2. The Bertz CT molecular complexity index is 917. The molecule has 27 heavy (non-hydrogen) atoms. The lowest BCUT2D eigenvalue weighted by molar-refractivity contribution is -0.140. The van der Waals surface area contributed by atoms with Crippen molar-refractivity contribution in [3.8, 4) is 0 Å². The first kappa shape index (κ1) is 19.1. The first-order valence-corrected chi connectivity index (χ1v) is 9.53. The molecule has 2 amide bonds. The molecule has 140 valence electrons. The average molecular weight is 382 g/mol. The number of nitrogens with one attached hydrogen (secondary N) is 2. The number of fused-ring (bicyclic) bond motifs is 1. The van der Waals surface area contributed by atoms with E-state index in [1.807, 2.05) is 67.6 Å². The van der Waals surface area contributed by atoms with Gasteiger partial charge in [0.2, 0.25) is 0 Å². The van der Waals surface area contributed by atoms with Gasteiger partial charge in [-0.3, -0.25) is 9.59 Å². The van der Waals surface area contributed by atoms with Crippen LogP contribution in [-0.2, 0) is 15.2 Å². The highest BCUT2D eigenvalue weighted by molar-refractivity contribution is 7.19. The zero-order valence-corrected chi connectivity index (χ0v) is 16.0. The molecule has 0 unspecified atom stereocenters. The first-order chi connectivity index (χ1) is 12.9. The van der Waals surface area contributed by atoms with Crippen LogP contribution in [0.3, 0.4) is 0 Å². The molecule has 0 aliphatic rings. The fourth-order valence-electron chi connectivity index (χ4n) is 2.75. The van der Waals surface area contributed by atoms with E-state index in [2.05, 4.69) is 10.6 Å². The Morgan fingerprint density at radius 1 is 1.07 bits per heavy atom. The SMILES string of the molecule is C[C@H](NC(=O)C(=O)NC[C@](C)(O)c1cc2ccccc2s1)c1ccccc1. The van der Waals surface area contributed by atoms with Crippen molar-refractivity contribution in [2.45, 2.75) is 25.5 Å². The van der Waals surface area contributed by atoms with E-state index in [0.29, 0.717) is 0 Å². The van der Waals surface area contributed by atoms with Crippen LogP contribution in [0.4, 0.5) is 0 Å². The summed E-state index contributed by atoms with van der Waals surface area (Å²) in [6.45, 7) is 3.39. The van der Waals surface area contributed by atoms with Crippen molar-refractivity contribution in [3.05, 3.63) is 71.1 Å². The molecule has 5 nitrogen and oxygen atoms in total. The number of amides is 2. The summed E-state index contributed by atoms with van der Waals surface area (Å²) >= 11 is 1.47. The van der Waals surface area contributed by atoms with Gasteiger partial charge in [0.05, 0.1) is 12.6 Å². The molecule has 1 aromatic heterocycles. The smallest absolute Gasteiger partial charge is 0.309 e. The van der Waals surface area contributed by atoms with Gasteiger partial charge in [-0.05, 0) is 36.9 Å². The maximum Gasteiger partial charge on any atom is 0.309 e. The van der Waals surface area contributed by atoms with Gasteiger partial charge in [0.1, 0.15) is 5.60 Å². The Kier molecular flexibility index (Phi) is 5.58. The predicted octanol–water partition coefficient (Wildman–Crippen LogP) is 3.10. The first-order valence-electron chi connectivity index (χ1n) is 8.72. The Balaban J connectivity index is 1.59. The molecule has 0 fully saturated rings. The largest absolute Gasteiger partial charge is 0.383 e. The van der Waals surface area contributed by atoms with Crippen LogP contribution in [-0.4, -0.2) is 23.5 Å². The minimum absolute atomic E-state index is 0.0498. The van der Waals surface area contributed by atoms with Crippen LogP contribution in [0.25, 0.3) is 10.1 Å². The molecule has 2 atom stereocenters. The lowest BCUT2D eigenvalue weighted by Gasteiger charge is -2.22. The van der Waals surface area contributed by atoms with Crippen LogP contribution in [0.1, 0.15) is 30.3 Å². The van der Waals surface area contributed by atoms with Crippen molar-refractivity contribution >= 4 is 33.2 Å². The molecule has 2 aromatic carbocycles. The Labute approximate surface area is 162 Å². The minimum atomic E-state index is -1.26. The molecule has 6 heteroatoms. The summed E-state index contributed by atoms with van der Waals surface area (Å²) in [5, 5.41) is 17.0. The Morgan fingerprint density at radius 3 is 2.44 bits per heavy atom. The second kappa shape index (κ2) is 7.90. The van der Waals surface area contributed by atoms with Gasteiger partial charge >= 0.3 is 11.8 Å². The topological polar surface area (TPSA) is 78.4 Å². The molecular weight excluding hydrogens is 360 g/mol. The van der Waals surface area contributed by atoms with Crippen molar-refractivity contribution in [3.63, 3.8) is 0 Å². The Morgan fingerprint density at radius 2 is 1.74 bits per heavy atom. The standard InChI is InChI=1S/C21H22N2O3S/c1-14(15-8-4-3-5-9-15)23-20(25)19(24)22-13-21(2,26)18-12-16-10-6-7-11-17(16)27-18/h3-12,14,26H,13H2,1-2H3,(H,22,24)(H,23,25)/t14-,21-/m0/s1. The summed E-state index contributed by atoms with van der Waals surface area (Å²) in [6.07, 6.45) is 0. The van der Waals surface area contributed by atoms with E-state index in [-0.39, 0.29) is 12.6 Å². The number of aliphatic hydroxyl groups is 1. The normalized spacial score (nSPS) is 14.3. The van der Waals surface area contributed by atoms with Crippen LogP contribution < -0.4 is 10.6 Å². The van der Waals surface area contributed by atoms with E-state index in [1.54, 1.807) is 6.92 Å². The number of hydrogen-bond acceptors (Lipinski definition) is 4. The molecule has 0 bridgehead atoms. The third kappa shape index (κ3) is 4.53. The molecule has 3 rings (SSSR count). The zero-order valence-electron chi connectivity index (χ0n) is 15.2. The summed E-state index contributed by atoms with van der Waals surface area (Å²) in [5.74, 6) is -1.49.